The molecule has 1 atom stereocenters. The van der Waals surface area contributed by atoms with Crippen LogP contribution in [0.2, 0.25) is 5.02 Å². The van der Waals surface area contributed by atoms with Crippen LogP contribution in [-0.4, -0.2) is 20.3 Å². The van der Waals surface area contributed by atoms with Crippen LogP contribution < -0.4 is 5.32 Å². The van der Waals surface area contributed by atoms with E-state index in [1.807, 2.05) is 12.1 Å². The molecule has 0 aromatic heterocycles. The molecule has 4 heteroatoms. The van der Waals surface area contributed by atoms with E-state index in [0.29, 0.717) is 6.04 Å². The van der Waals surface area contributed by atoms with Crippen molar-refractivity contribution >= 4 is 27.5 Å². The summed E-state index contributed by atoms with van der Waals surface area (Å²) in [6.07, 6.45) is 3.18. The van der Waals surface area contributed by atoms with Gasteiger partial charge >= 0.3 is 0 Å². The van der Waals surface area contributed by atoms with Gasteiger partial charge < -0.3 is 10.1 Å². The highest BCUT2D eigenvalue weighted by Gasteiger charge is 2.14. The number of ether oxygens (including phenoxy) is 1. The third-order valence-corrected chi connectivity index (χ3v) is 3.65. The van der Waals surface area contributed by atoms with Gasteiger partial charge in [0.1, 0.15) is 0 Å². The second kappa shape index (κ2) is 8.92. The predicted octanol–water partition coefficient (Wildman–Crippen LogP) is 4.57. The van der Waals surface area contributed by atoms with E-state index in [1.54, 1.807) is 7.11 Å². The molecule has 0 amide bonds. The second-order valence-corrected chi connectivity index (χ2v) is 5.63. The smallest absolute Gasteiger partial charge is 0.0462 e. The lowest BCUT2D eigenvalue weighted by molar-refractivity contribution is 0.188. The number of nitrogens with one attached hydrogen (secondary N) is 1. The molecule has 0 saturated carbocycles. The van der Waals surface area contributed by atoms with E-state index in [4.69, 9.17) is 16.3 Å². The van der Waals surface area contributed by atoms with Gasteiger partial charge in [0.25, 0.3) is 0 Å². The molecule has 0 spiro atoms. The molecule has 18 heavy (non-hydrogen) atoms. The normalized spacial score (nSPS) is 12.7. The summed E-state index contributed by atoms with van der Waals surface area (Å²) in [4.78, 5) is 0. The molecule has 0 heterocycles. The number of methoxy groups -OCH3 is 1. The van der Waals surface area contributed by atoms with Crippen molar-refractivity contribution in [3.63, 3.8) is 0 Å². The van der Waals surface area contributed by atoms with Gasteiger partial charge in [-0.3, -0.25) is 0 Å². The van der Waals surface area contributed by atoms with Crippen LogP contribution >= 0.6 is 27.5 Å². The maximum atomic E-state index is 6.29. The van der Waals surface area contributed by atoms with Crippen LogP contribution in [0, 0.1) is 0 Å². The summed E-state index contributed by atoms with van der Waals surface area (Å²) < 4.78 is 6.18. The van der Waals surface area contributed by atoms with Crippen molar-refractivity contribution in [2.45, 2.75) is 32.2 Å². The van der Waals surface area contributed by atoms with E-state index < -0.39 is 0 Å². The maximum Gasteiger partial charge on any atom is 0.0462 e. The fourth-order valence-corrected chi connectivity index (χ4v) is 2.53. The molecule has 1 aromatic rings. The van der Waals surface area contributed by atoms with Crippen LogP contribution in [0.4, 0.5) is 0 Å². The van der Waals surface area contributed by atoms with Gasteiger partial charge in [-0.1, -0.05) is 34.5 Å². The molecular formula is C14H21BrClNO. The average molecular weight is 335 g/mol. The molecule has 0 aliphatic carbocycles. The minimum Gasteiger partial charge on any atom is -0.385 e. The monoisotopic (exact) mass is 333 g/mol. The van der Waals surface area contributed by atoms with Crippen molar-refractivity contribution in [1.29, 1.82) is 0 Å². The summed E-state index contributed by atoms with van der Waals surface area (Å²) >= 11 is 9.79. The standard InChI is InChI=1S/C14H21BrClNO/c1-3-8-17-14(5-4-9-18-2)12-10-11(15)6-7-13(12)16/h6-7,10,14,17H,3-5,8-9H2,1-2H3. The Hall–Kier alpha value is -0.0900. The maximum absolute atomic E-state index is 6.29. The van der Waals surface area contributed by atoms with Gasteiger partial charge in [-0.05, 0) is 49.6 Å². The Kier molecular flexibility index (Phi) is 7.91. The summed E-state index contributed by atoms with van der Waals surface area (Å²) in [5.74, 6) is 0. The van der Waals surface area contributed by atoms with Crippen LogP contribution in [0.3, 0.4) is 0 Å². The molecule has 102 valence electrons. The van der Waals surface area contributed by atoms with E-state index >= 15 is 0 Å². The summed E-state index contributed by atoms with van der Waals surface area (Å²) in [5, 5.41) is 4.38. The van der Waals surface area contributed by atoms with Crippen molar-refractivity contribution in [3.05, 3.63) is 33.3 Å². The van der Waals surface area contributed by atoms with Gasteiger partial charge in [0.15, 0.2) is 0 Å². The summed E-state index contributed by atoms with van der Waals surface area (Å²) in [6.45, 7) is 3.96. The summed E-state index contributed by atoms with van der Waals surface area (Å²) in [7, 11) is 1.74. The fraction of sp³-hybridized carbons (Fsp3) is 0.571. The fourth-order valence-electron chi connectivity index (χ4n) is 1.90. The van der Waals surface area contributed by atoms with Gasteiger partial charge in [0.2, 0.25) is 0 Å². The highest BCUT2D eigenvalue weighted by atomic mass is 79.9. The molecule has 0 bridgehead atoms. The lowest BCUT2D eigenvalue weighted by Crippen LogP contribution is -2.22. The van der Waals surface area contributed by atoms with E-state index in [1.165, 1.54) is 0 Å². The van der Waals surface area contributed by atoms with Crippen LogP contribution in [0.25, 0.3) is 0 Å². The molecule has 1 N–H and O–H groups in total. The van der Waals surface area contributed by atoms with Gasteiger partial charge in [0.05, 0.1) is 0 Å². The molecule has 0 aliphatic rings. The van der Waals surface area contributed by atoms with E-state index in [9.17, 15) is 0 Å². The highest BCUT2D eigenvalue weighted by Crippen LogP contribution is 2.29. The first-order valence-electron chi connectivity index (χ1n) is 6.36. The molecule has 1 unspecified atom stereocenters. The SMILES string of the molecule is CCCNC(CCCOC)c1cc(Br)ccc1Cl. The first kappa shape index (κ1) is 16.0. The van der Waals surface area contributed by atoms with Gasteiger partial charge in [-0.2, -0.15) is 0 Å². The first-order valence-corrected chi connectivity index (χ1v) is 7.53. The Labute approximate surface area is 123 Å². The van der Waals surface area contributed by atoms with E-state index in [-0.39, 0.29) is 0 Å². The van der Waals surface area contributed by atoms with Crippen molar-refractivity contribution in [2.24, 2.45) is 0 Å². The Morgan fingerprint density at radius 1 is 1.44 bits per heavy atom. The van der Waals surface area contributed by atoms with Gasteiger partial charge in [0, 0.05) is 29.3 Å². The van der Waals surface area contributed by atoms with Crippen LogP contribution in [0.1, 0.15) is 37.8 Å². The van der Waals surface area contributed by atoms with Gasteiger partial charge in [-0.15, -0.1) is 0 Å². The summed E-state index contributed by atoms with van der Waals surface area (Å²) in [6, 6.07) is 6.31. The summed E-state index contributed by atoms with van der Waals surface area (Å²) in [5.41, 5.74) is 1.16. The zero-order valence-electron chi connectivity index (χ0n) is 11.0. The largest absolute Gasteiger partial charge is 0.385 e. The minimum atomic E-state index is 0.296. The van der Waals surface area contributed by atoms with Crippen molar-refractivity contribution < 1.29 is 4.74 Å². The molecule has 1 aromatic carbocycles. The Morgan fingerprint density at radius 3 is 2.89 bits per heavy atom. The van der Waals surface area contributed by atoms with Crippen LogP contribution in [0.15, 0.2) is 22.7 Å². The van der Waals surface area contributed by atoms with Crippen LogP contribution in [-0.2, 0) is 4.74 Å². The topological polar surface area (TPSA) is 21.3 Å². The number of rotatable bonds is 8. The molecule has 0 fully saturated rings. The minimum absolute atomic E-state index is 0.296. The van der Waals surface area contributed by atoms with E-state index in [0.717, 1.165) is 47.5 Å². The molecule has 1 rings (SSSR count). The van der Waals surface area contributed by atoms with Crippen LogP contribution in [0.5, 0.6) is 0 Å². The van der Waals surface area contributed by atoms with E-state index in [2.05, 4.69) is 34.2 Å². The number of halogens is 2. The van der Waals surface area contributed by atoms with Crippen molar-refractivity contribution in [3.8, 4) is 0 Å². The Balaban J connectivity index is 2.75. The third-order valence-electron chi connectivity index (χ3n) is 2.82. The predicted molar refractivity (Wildman–Crippen MR) is 81.3 cm³/mol. The Morgan fingerprint density at radius 2 is 2.22 bits per heavy atom. The lowest BCUT2D eigenvalue weighted by atomic mass is 10.0. The number of benzene rings is 1. The van der Waals surface area contributed by atoms with Gasteiger partial charge in [-0.25, -0.2) is 0 Å². The number of hydrogen-bond acceptors (Lipinski definition) is 2. The molecule has 2 nitrogen and oxygen atoms in total. The number of hydrogen-bond donors (Lipinski definition) is 1. The first-order chi connectivity index (χ1) is 8.69. The molecule has 0 aliphatic heterocycles. The highest BCUT2D eigenvalue weighted by molar-refractivity contribution is 9.10. The second-order valence-electron chi connectivity index (χ2n) is 4.31. The van der Waals surface area contributed by atoms with Crippen molar-refractivity contribution in [2.75, 3.05) is 20.3 Å². The van der Waals surface area contributed by atoms with Crippen molar-refractivity contribution in [1.82, 2.24) is 5.32 Å². The molecule has 0 saturated heterocycles. The zero-order chi connectivity index (χ0) is 13.4. The quantitative estimate of drug-likeness (QED) is 0.703. The lowest BCUT2D eigenvalue weighted by Gasteiger charge is -2.20. The molecule has 0 radical (unpaired) electrons. The zero-order valence-corrected chi connectivity index (χ0v) is 13.4. The third kappa shape index (κ3) is 5.27. The molecular weight excluding hydrogens is 314 g/mol. The average Bonchev–Trinajstić information content (AvgIpc) is 2.37. The Bertz CT molecular complexity index is 360.